The van der Waals surface area contributed by atoms with Gasteiger partial charge in [0.15, 0.2) is 5.69 Å². The van der Waals surface area contributed by atoms with E-state index in [-0.39, 0.29) is 36.8 Å². The molecule has 5 nitrogen and oxygen atoms in total. The molecule has 3 aromatic rings. The van der Waals surface area contributed by atoms with Crippen molar-refractivity contribution in [2.45, 2.75) is 51.1 Å². The maximum Gasteiger partial charge on any atom is 0.416 e. The van der Waals surface area contributed by atoms with E-state index < -0.39 is 11.7 Å². The topological polar surface area (TPSA) is 58.4 Å². The van der Waals surface area contributed by atoms with Crippen molar-refractivity contribution in [3.05, 3.63) is 89.1 Å². The van der Waals surface area contributed by atoms with Gasteiger partial charge in [-0.05, 0) is 37.0 Å². The third-order valence-corrected chi connectivity index (χ3v) is 5.50. The minimum atomic E-state index is -4.40. The van der Waals surface area contributed by atoms with Gasteiger partial charge in [0.1, 0.15) is 6.26 Å². The molecule has 0 spiro atoms. The van der Waals surface area contributed by atoms with E-state index in [4.69, 9.17) is 4.42 Å². The van der Waals surface area contributed by atoms with Crippen LogP contribution < -0.4 is 5.32 Å². The van der Waals surface area contributed by atoms with Crippen LogP contribution in [0.4, 0.5) is 13.2 Å². The zero-order valence-corrected chi connectivity index (χ0v) is 17.6. The number of carbonyl (C=O) groups is 1. The highest BCUT2D eigenvalue weighted by atomic mass is 19.4. The Balaban J connectivity index is 1.55. The number of halogens is 3. The van der Waals surface area contributed by atoms with Crippen LogP contribution in [-0.2, 0) is 19.3 Å². The first-order valence-corrected chi connectivity index (χ1v) is 10.5. The summed E-state index contributed by atoms with van der Waals surface area (Å²) in [4.78, 5) is 18.5. The highest BCUT2D eigenvalue weighted by Crippen LogP contribution is 2.31. The molecule has 1 atom stereocenters. The summed E-state index contributed by atoms with van der Waals surface area (Å²) in [6.45, 7) is 2.47. The molecule has 0 saturated heterocycles. The number of rotatable bonds is 8. The van der Waals surface area contributed by atoms with Crippen molar-refractivity contribution in [1.29, 1.82) is 0 Å². The Labute approximate surface area is 184 Å². The van der Waals surface area contributed by atoms with Gasteiger partial charge in [-0.3, -0.25) is 9.69 Å². The second-order valence-electron chi connectivity index (χ2n) is 8.06. The van der Waals surface area contributed by atoms with E-state index in [9.17, 15) is 18.0 Å². The van der Waals surface area contributed by atoms with E-state index in [2.05, 4.69) is 10.3 Å². The third-order valence-electron chi connectivity index (χ3n) is 5.50. The Morgan fingerprint density at radius 2 is 1.91 bits per heavy atom. The number of amides is 1. The summed E-state index contributed by atoms with van der Waals surface area (Å²) in [7, 11) is 0. The molecule has 0 radical (unpaired) electrons. The molecule has 32 heavy (non-hydrogen) atoms. The van der Waals surface area contributed by atoms with Gasteiger partial charge in [-0.25, -0.2) is 4.98 Å². The van der Waals surface area contributed by atoms with Gasteiger partial charge in [0.25, 0.3) is 5.91 Å². The Morgan fingerprint density at radius 3 is 2.59 bits per heavy atom. The third kappa shape index (κ3) is 5.56. The van der Waals surface area contributed by atoms with Crippen molar-refractivity contribution in [1.82, 2.24) is 15.2 Å². The molecule has 168 valence electrons. The first-order chi connectivity index (χ1) is 15.3. The molecular weight excluding hydrogens is 419 g/mol. The van der Waals surface area contributed by atoms with Gasteiger partial charge >= 0.3 is 6.18 Å². The van der Waals surface area contributed by atoms with Crippen LogP contribution in [0, 0.1) is 0 Å². The van der Waals surface area contributed by atoms with Crippen LogP contribution in [0.5, 0.6) is 0 Å². The molecule has 1 aliphatic rings. The monoisotopic (exact) mass is 443 g/mol. The van der Waals surface area contributed by atoms with Gasteiger partial charge in [-0.1, -0.05) is 48.5 Å². The normalized spacial score (nSPS) is 15.0. The van der Waals surface area contributed by atoms with Crippen molar-refractivity contribution in [3.63, 3.8) is 0 Å². The Kier molecular flexibility index (Phi) is 6.32. The molecule has 1 amide bonds. The predicted molar refractivity (Wildman–Crippen MR) is 113 cm³/mol. The average Bonchev–Trinajstić information content (AvgIpc) is 3.47. The molecule has 8 heteroatoms. The smallest absolute Gasteiger partial charge is 0.416 e. The minimum absolute atomic E-state index is 0.124. The number of oxazole rings is 1. The molecule has 4 rings (SSSR count). The lowest BCUT2D eigenvalue weighted by molar-refractivity contribution is -0.137. The summed E-state index contributed by atoms with van der Waals surface area (Å²) < 4.78 is 45.0. The summed E-state index contributed by atoms with van der Waals surface area (Å²) in [6.07, 6.45) is -1.15. The number of aromatic nitrogens is 1. The van der Waals surface area contributed by atoms with Crippen LogP contribution in [-0.4, -0.2) is 21.8 Å². The molecule has 1 saturated carbocycles. The average molecular weight is 443 g/mol. The maximum atomic E-state index is 13.2. The number of nitrogens with zero attached hydrogens (tertiary/aromatic N) is 2. The summed E-state index contributed by atoms with van der Waals surface area (Å²) in [5, 5.41) is 2.86. The molecule has 0 aliphatic heterocycles. The summed E-state index contributed by atoms with van der Waals surface area (Å²) in [6, 6.07) is 15.1. The maximum absolute atomic E-state index is 13.2. The second-order valence-corrected chi connectivity index (χ2v) is 8.06. The fraction of sp³-hybridized carbons (Fsp3) is 0.333. The lowest BCUT2D eigenvalue weighted by Crippen LogP contribution is -2.27. The molecule has 0 unspecified atom stereocenters. The summed E-state index contributed by atoms with van der Waals surface area (Å²) in [5.74, 6) is 0.0590. The SMILES string of the molecule is C[C@@H](c1ccccc1)N(Cc1cccc(C(F)(F)F)c1)Cc1nc(C(=O)NC2CC2)co1. The van der Waals surface area contributed by atoms with Crippen LogP contribution >= 0.6 is 0 Å². The van der Waals surface area contributed by atoms with Gasteiger partial charge in [-0.2, -0.15) is 13.2 Å². The minimum Gasteiger partial charge on any atom is -0.447 e. The van der Waals surface area contributed by atoms with Gasteiger partial charge in [0, 0.05) is 18.6 Å². The Hall–Kier alpha value is -3.13. The summed E-state index contributed by atoms with van der Waals surface area (Å²) in [5.41, 5.74) is 1.06. The lowest BCUT2D eigenvalue weighted by Gasteiger charge is -2.28. The number of alkyl halides is 3. The molecule has 0 bridgehead atoms. The number of benzene rings is 2. The number of nitrogens with one attached hydrogen (secondary N) is 1. The standard InChI is InChI=1S/C24H24F3N3O2/c1-16(18-7-3-2-4-8-18)30(13-17-6-5-9-19(12-17)24(25,26)27)14-22-29-21(15-32-22)23(31)28-20-10-11-20/h2-9,12,15-16,20H,10-11,13-14H2,1H3,(H,28,31)/t16-/m0/s1. The largest absolute Gasteiger partial charge is 0.447 e. The highest BCUT2D eigenvalue weighted by molar-refractivity contribution is 5.92. The molecule has 1 heterocycles. The van der Waals surface area contributed by atoms with E-state index >= 15 is 0 Å². The molecule has 1 fully saturated rings. The van der Waals surface area contributed by atoms with Crippen molar-refractivity contribution in [3.8, 4) is 0 Å². The van der Waals surface area contributed by atoms with E-state index in [0.29, 0.717) is 11.5 Å². The molecule has 1 N–H and O–H groups in total. The lowest BCUT2D eigenvalue weighted by atomic mass is 10.0. The molecule has 1 aliphatic carbocycles. The second kappa shape index (κ2) is 9.16. The van der Waals surface area contributed by atoms with Crippen molar-refractivity contribution in [2.75, 3.05) is 0 Å². The summed E-state index contributed by atoms with van der Waals surface area (Å²) >= 11 is 0. The van der Waals surface area contributed by atoms with Crippen LogP contribution in [0.3, 0.4) is 0 Å². The van der Waals surface area contributed by atoms with Crippen molar-refractivity contribution >= 4 is 5.91 Å². The van der Waals surface area contributed by atoms with E-state index in [1.54, 1.807) is 6.07 Å². The van der Waals surface area contributed by atoms with Crippen molar-refractivity contribution in [2.24, 2.45) is 0 Å². The molecular formula is C24H24F3N3O2. The molecule has 2 aromatic carbocycles. The zero-order chi connectivity index (χ0) is 22.7. The predicted octanol–water partition coefficient (Wildman–Crippen LogP) is 5.35. The zero-order valence-electron chi connectivity index (χ0n) is 17.6. The van der Waals surface area contributed by atoms with E-state index in [1.165, 1.54) is 12.3 Å². The van der Waals surface area contributed by atoms with Crippen LogP contribution in [0.25, 0.3) is 0 Å². The van der Waals surface area contributed by atoms with Crippen LogP contribution in [0.1, 0.15) is 58.9 Å². The van der Waals surface area contributed by atoms with E-state index in [0.717, 1.165) is 30.5 Å². The Morgan fingerprint density at radius 1 is 1.16 bits per heavy atom. The van der Waals surface area contributed by atoms with Gasteiger partial charge < -0.3 is 9.73 Å². The van der Waals surface area contributed by atoms with E-state index in [1.807, 2.05) is 42.2 Å². The molecule has 1 aromatic heterocycles. The first-order valence-electron chi connectivity index (χ1n) is 10.5. The number of hydrogen-bond donors (Lipinski definition) is 1. The van der Waals surface area contributed by atoms with Crippen molar-refractivity contribution < 1.29 is 22.4 Å². The van der Waals surface area contributed by atoms with Gasteiger partial charge in [-0.15, -0.1) is 0 Å². The Bertz CT molecular complexity index is 1060. The highest BCUT2D eigenvalue weighted by Gasteiger charge is 2.31. The quantitative estimate of drug-likeness (QED) is 0.510. The van der Waals surface area contributed by atoms with Gasteiger partial charge in [0.2, 0.25) is 5.89 Å². The fourth-order valence-corrected chi connectivity index (χ4v) is 3.50. The first kappa shape index (κ1) is 22.1. The van der Waals surface area contributed by atoms with Crippen LogP contribution in [0.15, 0.2) is 65.3 Å². The van der Waals surface area contributed by atoms with Gasteiger partial charge in [0.05, 0.1) is 12.1 Å². The van der Waals surface area contributed by atoms with Crippen LogP contribution in [0.2, 0.25) is 0 Å². The number of hydrogen-bond acceptors (Lipinski definition) is 4. The number of carbonyl (C=O) groups excluding carboxylic acids is 1. The fourth-order valence-electron chi connectivity index (χ4n) is 3.50.